The molecule has 0 unspecified atom stereocenters. The lowest BCUT2D eigenvalue weighted by Crippen LogP contribution is -2.15. The first kappa shape index (κ1) is 12.9. The van der Waals surface area contributed by atoms with Crippen LogP contribution in [-0.4, -0.2) is 25.5 Å². The Morgan fingerprint density at radius 1 is 1.20 bits per heavy atom. The van der Waals surface area contributed by atoms with Crippen LogP contribution in [0.25, 0.3) is 11.5 Å². The van der Waals surface area contributed by atoms with Gasteiger partial charge in [-0.1, -0.05) is 19.9 Å². The summed E-state index contributed by atoms with van der Waals surface area (Å²) in [4.78, 5) is 9.16. The second kappa shape index (κ2) is 5.46. The van der Waals surface area contributed by atoms with E-state index in [1.807, 2.05) is 30.6 Å². The van der Waals surface area contributed by atoms with Gasteiger partial charge in [0.15, 0.2) is 5.82 Å². The molecule has 0 bridgehead atoms. The highest BCUT2D eigenvalue weighted by Crippen LogP contribution is 2.18. The Balaban J connectivity index is 2.18. The maximum absolute atomic E-state index is 4.76. The molecular formula is C15H19N5. The third-order valence-electron chi connectivity index (χ3n) is 3.41. The summed E-state index contributed by atoms with van der Waals surface area (Å²) < 4.78 is 4.22. The molecule has 1 N–H and O–H groups in total. The molecule has 3 heterocycles. The molecule has 104 valence electrons. The molecule has 3 rings (SSSR count). The molecule has 20 heavy (non-hydrogen) atoms. The Kier molecular flexibility index (Phi) is 3.52. The lowest BCUT2D eigenvalue weighted by Gasteiger charge is -2.08. The minimum absolute atomic E-state index is 0.790. The number of fused-ring (bicyclic) bond motifs is 1. The zero-order valence-electron chi connectivity index (χ0n) is 11.9. The highest BCUT2D eigenvalue weighted by Gasteiger charge is 2.15. The van der Waals surface area contributed by atoms with E-state index in [-0.39, 0.29) is 0 Å². The van der Waals surface area contributed by atoms with Crippen molar-refractivity contribution in [1.82, 2.24) is 24.3 Å². The number of aromatic nitrogens is 4. The summed E-state index contributed by atoms with van der Waals surface area (Å²) in [7, 11) is 0. The van der Waals surface area contributed by atoms with Crippen molar-refractivity contribution in [1.29, 1.82) is 0 Å². The molecule has 0 radical (unpaired) electrons. The van der Waals surface area contributed by atoms with Crippen LogP contribution in [0.5, 0.6) is 0 Å². The van der Waals surface area contributed by atoms with E-state index in [1.165, 1.54) is 0 Å². The van der Waals surface area contributed by atoms with Crippen molar-refractivity contribution >= 4 is 5.65 Å². The number of hydrogen-bond acceptors (Lipinski definition) is 3. The predicted octanol–water partition coefficient (Wildman–Crippen LogP) is 2.19. The summed E-state index contributed by atoms with van der Waals surface area (Å²) in [5, 5.41) is 3.39. The second-order valence-corrected chi connectivity index (χ2v) is 4.66. The molecule has 5 nitrogen and oxygen atoms in total. The number of aryl methyl sites for hydroxylation is 1. The molecule has 0 aliphatic heterocycles. The Labute approximate surface area is 118 Å². The van der Waals surface area contributed by atoms with Gasteiger partial charge in [0, 0.05) is 31.6 Å². The van der Waals surface area contributed by atoms with Crippen LogP contribution in [0.3, 0.4) is 0 Å². The minimum atomic E-state index is 0.790. The average Bonchev–Trinajstić information content (AvgIpc) is 3.08. The van der Waals surface area contributed by atoms with Gasteiger partial charge in [0.25, 0.3) is 0 Å². The molecule has 0 atom stereocenters. The van der Waals surface area contributed by atoms with Gasteiger partial charge in [-0.25, -0.2) is 9.97 Å². The number of imidazole rings is 2. The van der Waals surface area contributed by atoms with Gasteiger partial charge < -0.3 is 9.72 Å². The third kappa shape index (κ3) is 2.10. The summed E-state index contributed by atoms with van der Waals surface area (Å²) >= 11 is 0. The highest BCUT2D eigenvalue weighted by molar-refractivity contribution is 5.49. The van der Waals surface area contributed by atoms with Crippen molar-refractivity contribution in [3.8, 4) is 5.82 Å². The molecular weight excluding hydrogens is 250 g/mol. The summed E-state index contributed by atoms with van der Waals surface area (Å²) in [6.45, 7) is 5.94. The summed E-state index contributed by atoms with van der Waals surface area (Å²) in [5.41, 5.74) is 2.13. The average molecular weight is 269 g/mol. The Morgan fingerprint density at radius 3 is 2.90 bits per heavy atom. The number of nitrogens with zero attached hydrogens (tertiary/aromatic N) is 4. The van der Waals surface area contributed by atoms with Crippen LogP contribution in [0.2, 0.25) is 0 Å². The molecule has 0 aliphatic rings. The van der Waals surface area contributed by atoms with E-state index in [2.05, 4.69) is 39.3 Å². The fraction of sp³-hybridized carbons (Fsp3) is 0.333. The fourth-order valence-corrected chi connectivity index (χ4v) is 2.42. The normalized spacial score (nSPS) is 11.3. The van der Waals surface area contributed by atoms with Crippen molar-refractivity contribution < 1.29 is 0 Å². The zero-order chi connectivity index (χ0) is 13.9. The smallest absolute Gasteiger partial charge is 0.161 e. The van der Waals surface area contributed by atoms with E-state index >= 15 is 0 Å². The molecule has 0 fully saturated rings. The Hall–Kier alpha value is -2.14. The molecule has 0 spiro atoms. The Morgan fingerprint density at radius 2 is 2.10 bits per heavy atom. The van der Waals surface area contributed by atoms with Crippen LogP contribution < -0.4 is 5.32 Å². The third-order valence-corrected chi connectivity index (χ3v) is 3.41. The SMILES string of the molecule is CCNCc1c(-n2ccnc2CC)nc2ccccn12. The van der Waals surface area contributed by atoms with Gasteiger partial charge in [-0.3, -0.25) is 4.57 Å². The van der Waals surface area contributed by atoms with Crippen molar-refractivity contribution in [3.63, 3.8) is 0 Å². The first-order valence-electron chi connectivity index (χ1n) is 7.04. The van der Waals surface area contributed by atoms with Gasteiger partial charge in [-0.2, -0.15) is 0 Å². The second-order valence-electron chi connectivity index (χ2n) is 4.66. The van der Waals surface area contributed by atoms with Crippen LogP contribution in [-0.2, 0) is 13.0 Å². The van der Waals surface area contributed by atoms with Gasteiger partial charge in [-0.05, 0) is 18.7 Å². The molecule has 0 saturated heterocycles. The molecule has 0 saturated carbocycles. The first-order valence-corrected chi connectivity index (χ1v) is 7.04. The number of nitrogens with one attached hydrogen (secondary N) is 1. The van der Waals surface area contributed by atoms with Gasteiger partial charge in [0.1, 0.15) is 11.5 Å². The van der Waals surface area contributed by atoms with E-state index in [4.69, 9.17) is 4.98 Å². The van der Waals surface area contributed by atoms with Crippen molar-refractivity contribution in [2.75, 3.05) is 6.54 Å². The molecule has 0 aromatic carbocycles. The number of hydrogen-bond donors (Lipinski definition) is 1. The standard InChI is InChI=1S/C15H19N5/c1-3-13-17-8-10-20(13)15-12(11-16-4-2)19-9-6-5-7-14(19)18-15/h5-10,16H,3-4,11H2,1-2H3. The van der Waals surface area contributed by atoms with E-state index in [9.17, 15) is 0 Å². The minimum Gasteiger partial charge on any atom is -0.311 e. The van der Waals surface area contributed by atoms with Crippen molar-refractivity contribution in [2.24, 2.45) is 0 Å². The number of rotatable bonds is 5. The summed E-state index contributed by atoms with van der Waals surface area (Å²) in [6, 6.07) is 6.07. The van der Waals surface area contributed by atoms with E-state index in [1.54, 1.807) is 0 Å². The van der Waals surface area contributed by atoms with Crippen LogP contribution >= 0.6 is 0 Å². The van der Waals surface area contributed by atoms with Crippen molar-refractivity contribution in [2.45, 2.75) is 26.8 Å². The molecule has 0 amide bonds. The summed E-state index contributed by atoms with van der Waals surface area (Å²) in [5.74, 6) is 2.00. The van der Waals surface area contributed by atoms with E-state index < -0.39 is 0 Å². The topological polar surface area (TPSA) is 47.2 Å². The fourth-order valence-electron chi connectivity index (χ4n) is 2.42. The Bertz CT molecular complexity index is 710. The maximum atomic E-state index is 4.76. The van der Waals surface area contributed by atoms with Crippen LogP contribution in [0.4, 0.5) is 0 Å². The monoisotopic (exact) mass is 269 g/mol. The molecule has 3 aromatic heterocycles. The maximum Gasteiger partial charge on any atom is 0.161 e. The lowest BCUT2D eigenvalue weighted by atomic mass is 10.3. The molecule has 3 aromatic rings. The van der Waals surface area contributed by atoms with Gasteiger partial charge in [0.05, 0.1) is 5.69 Å². The van der Waals surface area contributed by atoms with Crippen LogP contribution in [0.1, 0.15) is 25.4 Å². The van der Waals surface area contributed by atoms with Crippen LogP contribution in [0.15, 0.2) is 36.8 Å². The largest absolute Gasteiger partial charge is 0.311 e. The van der Waals surface area contributed by atoms with Crippen molar-refractivity contribution in [3.05, 3.63) is 48.3 Å². The summed E-state index contributed by atoms with van der Waals surface area (Å²) in [6.07, 6.45) is 6.76. The zero-order valence-corrected chi connectivity index (χ0v) is 11.9. The van der Waals surface area contributed by atoms with E-state index in [0.717, 1.165) is 42.5 Å². The van der Waals surface area contributed by atoms with Gasteiger partial charge >= 0.3 is 0 Å². The van der Waals surface area contributed by atoms with E-state index in [0.29, 0.717) is 0 Å². The molecule has 5 heteroatoms. The van der Waals surface area contributed by atoms with Crippen LogP contribution in [0, 0.1) is 0 Å². The lowest BCUT2D eigenvalue weighted by molar-refractivity contribution is 0.698. The predicted molar refractivity (Wildman–Crippen MR) is 79.1 cm³/mol. The van der Waals surface area contributed by atoms with Gasteiger partial charge in [0.2, 0.25) is 0 Å². The first-order chi connectivity index (χ1) is 9.85. The van der Waals surface area contributed by atoms with Gasteiger partial charge in [-0.15, -0.1) is 0 Å². The number of pyridine rings is 1. The molecule has 0 aliphatic carbocycles. The quantitative estimate of drug-likeness (QED) is 0.772. The highest BCUT2D eigenvalue weighted by atomic mass is 15.2.